The van der Waals surface area contributed by atoms with Crippen LogP contribution in [0.2, 0.25) is 0 Å². The Morgan fingerprint density at radius 1 is 1.36 bits per heavy atom. The minimum atomic E-state index is -0.0416. The van der Waals surface area contributed by atoms with Gasteiger partial charge in [-0.25, -0.2) is 4.98 Å². The molecule has 1 amide bonds. The van der Waals surface area contributed by atoms with E-state index in [1.54, 1.807) is 22.4 Å². The highest BCUT2D eigenvalue weighted by Gasteiger charge is 2.24. The predicted molar refractivity (Wildman–Crippen MR) is 90.4 cm³/mol. The van der Waals surface area contributed by atoms with Gasteiger partial charge in [0.05, 0.1) is 6.04 Å². The quantitative estimate of drug-likeness (QED) is 0.792. The maximum Gasteiger partial charge on any atom is 0.270 e. The van der Waals surface area contributed by atoms with Gasteiger partial charge in [-0.1, -0.05) is 11.6 Å². The molecule has 0 fully saturated rings. The van der Waals surface area contributed by atoms with Gasteiger partial charge in [-0.2, -0.15) is 0 Å². The highest BCUT2D eigenvalue weighted by Crippen LogP contribution is 2.27. The Morgan fingerprint density at radius 3 is 2.82 bits per heavy atom. The molecule has 1 atom stereocenters. The molecule has 2 aromatic heterocycles. The Labute approximate surface area is 133 Å². The van der Waals surface area contributed by atoms with Crippen LogP contribution in [0.15, 0.2) is 29.8 Å². The van der Waals surface area contributed by atoms with Gasteiger partial charge >= 0.3 is 0 Å². The predicted octanol–water partition coefficient (Wildman–Crippen LogP) is 4.07. The third-order valence-electron chi connectivity index (χ3n) is 4.14. The Kier molecular flexibility index (Phi) is 3.74. The summed E-state index contributed by atoms with van der Waals surface area (Å²) in [6, 6.07) is 6.15. The normalized spacial score (nSPS) is 12.5. The fourth-order valence-electron chi connectivity index (χ4n) is 2.61. The van der Waals surface area contributed by atoms with Crippen LogP contribution in [0.3, 0.4) is 0 Å². The second kappa shape index (κ2) is 5.57. The standard InChI is InChI=1S/C17H19N3OS/c1-10-5-6-14-13(9-10)11(2)15(19-14)17(21)20(4)12(3)16-18-7-8-22-16/h5-9,12,19H,1-4H3/t12-/m0/s1. The van der Waals surface area contributed by atoms with Gasteiger partial charge in [-0.05, 0) is 38.5 Å². The van der Waals surface area contributed by atoms with Crippen molar-refractivity contribution in [2.24, 2.45) is 0 Å². The number of nitrogens with one attached hydrogen (secondary N) is 1. The topological polar surface area (TPSA) is 49.0 Å². The lowest BCUT2D eigenvalue weighted by Crippen LogP contribution is -2.30. The second-order valence-electron chi connectivity index (χ2n) is 5.64. The molecule has 114 valence electrons. The third-order valence-corrected chi connectivity index (χ3v) is 5.08. The third kappa shape index (κ3) is 2.41. The van der Waals surface area contributed by atoms with Crippen molar-refractivity contribution in [1.82, 2.24) is 14.9 Å². The van der Waals surface area contributed by atoms with Crippen LogP contribution in [0.4, 0.5) is 0 Å². The highest BCUT2D eigenvalue weighted by atomic mass is 32.1. The van der Waals surface area contributed by atoms with E-state index in [1.807, 2.05) is 32.3 Å². The molecule has 0 aliphatic rings. The Bertz CT molecular complexity index is 820. The monoisotopic (exact) mass is 313 g/mol. The Balaban J connectivity index is 1.96. The smallest absolute Gasteiger partial charge is 0.270 e. The zero-order chi connectivity index (χ0) is 15.9. The minimum Gasteiger partial charge on any atom is -0.350 e. The number of hydrogen-bond donors (Lipinski definition) is 1. The molecule has 0 spiro atoms. The molecular formula is C17H19N3OS. The van der Waals surface area contributed by atoms with Gasteiger partial charge < -0.3 is 9.88 Å². The molecule has 3 aromatic rings. The number of hydrogen-bond acceptors (Lipinski definition) is 3. The first kappa shape index (κ1) is 14.8. The van der Waals surface area contributed by atoms with Crippen molar-refractivity contribution in [3.8, 4) is 0 Å². The molecule has 0 unspecified atom stereocenters. The van der Waals surface area contributed by atoms with Crippen LogP contribution in [-0.2, 0) is 0 Å². The van der Waals surface area contributed by atoms with Gasteiger partial charge in [-0.15, -0.1) is 11.3 Å². The maximum atomic E-state index is 12.8. The first-order valence-corrected chi connectivity index (χ1v) is 8.12. The van der Waals surface area contributed by atoms with E-state index in [2.05, 4.69) is 29.0 Å². The summed E-state index contributed by atoms with van der Waals surface area (Å²) in [5.41, 5.74) is 3.85. The lowest BCUT2D eigenvalue weighted by Gasteiger charge is -2.23. The largest absolute Gasteiger partial charge is 0.350 e. The number of nitrogens with zero attached hydrogens (tertiary/aromatic N) is 2. The Morgan fingerprint density at radius 2 is 2.14 bits per heavy atom. The molecule has 2 heterocycles. The molecule has 1 aromatic carbocycles. The second-order valence-corrected chi connectivity index (χ2v) is 6.56. The van der Waals surface area contributed by atoms with Gasteiger partial charge in [0.25, 0.3) is 5.91 Å². The summed E-state index contributed by atoms with van der Waals surface area (Å²) < 4.78 is 0. The lowest BCUT2D eigenvalue weighted by molar-refractivity contribution is 0.0737. The van der Waals surface area contributed by atoms with E-state index in [0.29, 0.717) is 5.69 Å². The van der Waals surface area contributed by atoms with E-state index in [4.69, 9.17) is 0 Å². The van der Waals surface area contributed by atoms with Gasteiger partial charge in [0, 0.05) is 29.5 Å². The van der Waals surface area contributed by atoms with E-state index in [-0.39, 0.29) is 11.9 Å². The molecule has 0 saturated heterocycles. The first-order chi connectivity index (χ1) is 10.5. The number of aryl methyl sites for hydroxylation is 2. The number of benzene rings is 1. The number of H-pyrrole nitrogens is 1. The summed E-state index contributed by atoms with van der Waals surface area (Å²) in [5, 5.41) is 3.99. The molecule has 0 bridgehead atoms. The fourth-order valence-corrected chi connectivity index (χ4v) is 3.35. The number of thiazole rings is 1. The fraction of sp³-hybridized carbons (Fsp3) is 0.294. The Hall–Kier alpha value is -2.14. The molecule has 0 aliphatic heterocycles. The van der Waals surface area contributed by atoms with Crippen molar-refractivity contribution < 1.29 is 4.79 Å². The molecule has 3 rings (SSSR count). The number of amides is 1. The van der Waals surface area contributed by atoms with E-state index >= 15 is 0 Å². The van der Waals surface area contributed by atoms with E-state index in [9.17, 15) is 4.79 Å². The number of carbonyl (C=O) groups is 1. The SMILES string of the molecule is Cc1ccc2[nH]c(C(=O)N(C)[C@@H](C)c3nccs3)c(C)c2c1. The average Bonchev–Trinajstić information content (AvgIpc) is 3.14. The summed E-state index contributed by atoms with van der Waals surface area (Å²) >= 11 is 1.57. The van der Waals surface area contributed by atoms with Gasteiger partial charge in [-0.3, -0.25) is 4.79 Å². The number of aromatic amines is 1. The summed E-state index contributed by atoms with van der Waals surface area (Å²) in [6.45, 7) is 6.05. The number of rotatable bonds is 3. The van der Waals surface area contributed by atoms with Crippen LogP contribution in [0.5, 0.6) is 0 Å². The molecule has 0 radical (unpaired) electrons. The molecule has 22 heavy (non-hydrogen) atoms. The summed E-state index contributed by atoms with van der Waals surface area (Å²) in [7, 11) is 1.82. The van der Waals surface area contributed by atoms with Gasteiger partial charge in [0.2, 0.25) is 0 Å². The van der Waals surface area contributed by atoms with Crippen LogP contribution in [0, 0.1) is 13.8 Å². The molecule has 5 heteroatoms. The zero-order valence-electron chi connectivity index (χ0n) is 13.2. The van der Waals surface area contributed by atoms with E-state index < -0.39 is 0 Å². The summed E-state index contributed by atoms with van der Waals surface area (Å²) in [5.74, 6) is -0.00551. The van der Waals surface area contributed by atoms with Crippen molar-refractivity contribution in [2.75, 3.05) is 7.05 Å². The van der Waals surface area contributed by atoms with E-state index in [1.165, 1.54) is 5.56 Å². The molecular weight excluding hydrogens is 294 g/mol. The van der Waals surface area contributed by atoms with Crippen molar-refractivity contribution in [3.63, 3.8) is 0 Å². The average molecular weight is 313 g/mol. The number of aromatic nitrogens is 2. The highest BCUT2D eigenvalue weighted by molar-refractivity contribution is 7.09. The van der Waals surface area contributed by atoms with Gasteiger partial charge in [0.1, 0.15) is 10.7 Å². The molecule has 0 saturated carbocycles. The maximum absolute atomic E-state index is 12.8. The first-order valence-electron chi connectivity index (χ1n) is 7.24. The summed E-state index contributed by atoms with van der Waals surface area (Å²) in [6.07, 6.45) is 1.77. The molecule has 1 N–H and O–H groups in total. The van der Waals surface area contributed by atoms with Crippen molar-refractivity contribution in [1.29, 1.82) is 0 Å². The van der Waals surface area contributed by atoms with Crippen LogP contribution < -0.4 is 0 Å². The van der Waals surface area contributed by atoms with E-state index in [0.717, 1.165) is 21.5 Å². The van der Waals surface area contributed by atoms with Crippen LogP contribution in [0.1, 0.15) is 39.6 Å². The van der Waals surface area contributed by atoms with Crippen molar-refractivity contribution in [3.05, 3.63) is 51.6 Å². The lowest BCUT2D eigenvalue weighted by atomic mass is 10.1. The van der Waals surface area contributed by atoms with Crippen LogP contribution >= 0.6 is 11.3 Å². The summed E-state index contributed by atoms with van der Waals surface area (Å²) in [4.78, 5) is 22.1. The van der Waals surface area contributed by atoms with Gasteiger partial charge in [0.15, 0.2) is 0 Å². The number of carbonyl (C=O) groups excluding carboxylic acids is 1. The van der Waals surface area contributed by atoms with Crippen LogP contribution in [0.25, 0.3) is 10.9 Å². The van der Waals surface area contributed by atoms with Crippen molar-refractivity contribution in [2.45, 2.75) is 26.8 Å². The molecule has 0 aliphatic carbocycles. The molecule has 4 nitrogen and oxygen atoms in total. The minimum absolute atomic E-state index is 0.00551. The van der Waals surface area contributed by atoms with Crippen molar-refractivity contribution >= 4 is 28.1 Å². The zero-order valence-corrected chi connectivity index (χ0v) is 14.0. The van der Waals surface area contributed by atoms with Crippen LogP contribution in [-0.4, -0.2) is 27.8 Å². The number of fused-ring (bicyclic) bond motifs is 1.